The van der Waals surface area contributed by atoms with E-state index in [2.05, 4.69) is 22.9 Å². The minimum absolute atomic E-state index is 0.170. The number of likely N-dealkylation sites (tertiary alicyclic amines) is 1. The minimum atomic E-state index is 0.170. The van der Waals surface area contributed by atoms with Crippen LogP contribution in [0.3, 0.4) is 0 Å². The summed E-state index contributed by atoms with van der Waals surface area (Å²) in [5.74, 6) is 0.170. The third-order valence-electron chi connectivity index (χ3n) is 3.31. The summed E-state index contributed by atoms with van der Waals surface area (Å²) in [5.41, 5.74) is 1.86. The normalized spacial score (nSPS) is 20.2. The fraction of sp³-hybridized carbons (Fsp3) is 0.462. The van der Waals surface area contributed by atoms with Crippen molar-refractivity contribution < 1.29 is 4.79 Å². The highest BCUT2D eigenvalue weighted by Crippen LogP contribution is 2.24. The van der Waals surface area contributed by atoms with Crippen LogP contribution in [0, 0.1) is 6.92 Å². The van der Waals surface area contributed by atoms with Crippen molar-refractivity contribution in [2.45, 2.75) is 32.7 Å². The van der Waals surface area contributed by atoms with Gasteiger partial charge < -0.3 is 4.90 Å². The first-order valence-electron chi connectivity index (χ1n) is 5.67. The monoisotopic (exact) mass is 281 g/mol. The molecule has 0 N–H and O–H groups in total. The van der Waals surface area contributed by atoms with Crippen LogP contribution in [0.25, 0.3) is 0 Å². The summed E-state index contributed by atoms with van der Waals surface area (Å²) in [6.07, 6.45) is 2.25. The molecule has 2 nitrogen and oxygen atoms in total. The van der Waals surface area contributed by atoms with Crippen molar-refractivity contribution in [3.05, 3.63) is 33.8 Å². The average Bonchev–Trinajstić information content (AvgIpc) is 2.68. The number of nitrogens with zero attached hydrogens (tertiary/aromatic N) is 1. The topological polar surface area (TPSA) is 20.3 Å². The molecule has 16 heavy (non-hydrogen) atoms. The van der Waals surface area contributed by atoms with E-state index >= 15 is 0 Å². The lowest BCUT2D eigenvalue weighted by Gasteiger charge is -2.22. The van der Waals surface area contributed by atoms with Gasteiger partial charge in [0.25, 0.3) is 5.91 Å². The molecule has 3 heteroatoms. The summed E-state index contributed by atoms with van der Waals surface area (Å²) in [6, 6.07) is 6.18. The van der Waals surface area contributed by atoms with E-state index in [4.69, 9.17) is 0 Å². The maximum atomic E-state index is 12.3. The van der Waals surface area contributed by atoms with Crippen molar-refractivity contribution in [3.63, 3.8) is 0 Å². The molecule has 1 atom stereocenters. The number of rotatable bonds is 1. The van der Waals surface area contributed by atoms with Gasteiger partial charge in [-0.3, -0.25) is 4.79 Å². The van der Waals surface area contributed by atoms with E-state index in [1.165, 1.54) is 0 Å². The van der Waals surface area contributed by atoms with E-state index in [0.717, 1.165) is 35.0 Å². The van der Waals surface area contributed by atoms with Crippen molar-refractivity contribution >= 4 is 21.8 Å². The molecule has 1 saturated heterocycles. The van der Waals surface area contributed by atoms with Gasteiger partial charge in [0, 0.05) is 22.6 Å². The average molecular weight is 282 g/mol. The van der Waals surface area contributed by atoms with Gasteiger partial charge in [-0.15, -0.1) is 0 Å². The summed E-state index contributed by atoms with van der Waals surface area (Å²) in [6.45, 7) is 5.00. The molecule has 1 aromatic rings. The van der Waals surface area contributed by atoms with Gasteiger partial charge in [0.2, 0.25) is 0 Å². The molecule has 0 spiro atoms. The predicted molar refractivity (Wildman–Crippen MR) is 68.6 cm³/mol. The number of amides is 1. The lowest BCUT2D eigenvalue weighted by atomic mass is 10.1. The highest BCUT2D eigenvalue weighted by atomic mass is 79.9. The van der Waals surface area contributed by atoms with Crippen molar-refractivity contribution in [3.8, 4) is 0 Å². The van der Waals surface area contributed by atoms with E-state index < -0.39 is 0 Å². The molecule has 0 aliphatic carbocycles. The second kappa shape index (κ2) is 4.58. The number of hydrogen-bond acceptors (Lipinski definition) is 1. The molecule has 1 heterocycles. The first-order valence-corrected chi connectivity index (χ1v) is 6.46. The fourth-order valence-electron chi connectivity index (χ4n) is 2.23. The molecule has 1 aromatic carbocycles. The highest BCUT2D eigenvalue weighted by Gasteiger charge is 2.26. The van der Waals surface area contributed by atoms with Crippen LogP contribution in [-0.4, -0.2) is 23.4 Å². The van der Waals surface area contributed by atoms with Gasteiger partial charge in [0.15, 0.2) is 0 Å². The van der Waals surface area contributed by atoms with Crippen molar-refractivity contribution in [2.24, 2.45) is 0 Å². The molecule has 1 amide bonds. The molecular formula is C13H16BrNO. The van der Waals surface area contributed by atoms with Crippen LogP contribution in [0.2, 0.25) is 0 Å². The van der Waals surface area contributed by atoms with E-state index in [1.54, 1.807) is 0 Å². The molecule has 1 aliphatic heterocycles. The Balaban J connectivity index is 2.30. The maximum absolute atomic E-state index is 12.3. The number of hydrogen-bond donors (Lipinski definition) is 0. The second-order valence-electron chi connectivity index (χ2n) is 4.40. The predicted octanol–water partition coefficient (Wildman–Crippen LogP) is 3.38. The summed E-state index contributed by atoms with van der Waals surface area (Å²) < 4.78 is 1.00. The van der Waals surface area contributed by atoms with Gasteiger partial charge >= 0.3 is 0 Å². The van der Waals surface area contributed by atoms with Crippen LogP contribution in [0.1, 0.15) is 35.7 Å². The molecular weight excluding hydrogens is 266 g/mol. The zero-order valence-electron chi connectivity index (χ0n) is 9.66. The van der Waals surface area contributed by atoms with E-state index in [-0.39, 0.29) is 5.91 Å². The Bertz CT molecular complexity index is 416. The summed E-state index contributed by atoms with van der Waals surface area (Å²) >= 11 is 3.47. The molecule has 0 radical (unpaired) electrons. The molecule has 1 unspecified atom stereocenters. The Morgan fingerprint density at radius 1 is 1.50 bits per heavy atom. The first-order chi connectivity index (χ1) is 7.61. The van der Waals surface area contributed by atoms with E-state index in [0.29, 0.717) is 6.04 Å². The Kier molecular flexibility index (Phi) is 3.33. The van der Waals surface area contributed by atoms with Crippen LogP contribution in [0.4, 0.5) is 0 Å². The molecule has 1 fully saturated rings. The SMILES string of the molecule is Cc1c(Br)cccc1C(=O)N1CCCC1C. The molecule has 1 aliphatic rings. The van der Waals surface area contributed by atoms with Crippen molar-refractivity contribution in [1.29, 1.82) is 0 Å². The maximum Gasteiger partial charge on any atom is 0.254 e. The smallest absolute Gasteiger partial charge is 0.254 e. The molecule has 0 saturated carbocycles. The second-order valence-corrected chi connectivity index (χ2v) is 5.26. The zero-order valence-corrected chi connectivity index (χ0v) is 11.3. The molecule has 0 bridgehead atoms. The lowest BCUT2D eigenvalue weighted by Crippen LogP contribution is -2.34. The van der Waals surface area contributed by atoms with Crippen LogP contribution in [-0.2, 0) is 0 Å². The number of halogens is 1. The van der Waals surface area contributed by atoms with Crippen molar-refractivity contribution in [2.75, 3.05) is 6.54 Å². The van der Waals surface area contributed by atoms with Crippen molar-refractivity contribution in [1.82, 2.24) is 4.90 Å². The Hall–Kier alpha value is -0.830. The Morgan fingerprint density at radius 2 is 2.25 bits per heavy atom. The van der Waals surface area contributed by atoms with Gasteiger partial charge in [-0.2, -0.15) is 0 Å². The van der Waals surface area contributed by atoms with Gasteiger partial charge in [0.1, 0.15) is 0 Å². The third kappa shape index (κ3) is 2.01. The van der Waals surface area contributed by atoms with Crippen LogP contribution < -0.4 is 0 Å². The quantitative estimate of drug-likeness (QED) is 0.773. The molecule has 86 valence electrons. The fourth-order valence-corrected chi connectivity index (χ4v) is 2.60. The van der Waals surface area contributed by atoms with Gasteiger partial charge in [0.05, 0.1) is 0 Å². The largest absolute Gasteiger partial charge is 0.336 e. The first kappa shape index (κ1) is 11.6. The summed E-state index contributed by atoms with van der Waals surface area (Å²) in [4.78, 5) is 14.3. The Labute approximate surface area is 105 Å². The number of carbonyl (C=O) groups excluding carboxylic acids is 1. The lowest BCUT2D eigenvalue weighted by molar-refractivity contribution is 0.0746. The summed E-state index contributed by atoms with van der Waals surface area (Å²) in [5, 5.41) is 0. The van der Waals surface area contributed by atoms with Gasteiger partial charge in [-0.05, 0) is 44.4 Å². The minimum Gasteiger partial charge on any atom is -0.336 e. The molecule has 0 aromatic heterocycles. The van der Waals surface area contributed by atoms with Crippen LogP contribution in [0.15, 0.2) is 22.7 Å². The number of carbonyl (C=O) groups is 1. The number of benzene rings is 1. The third-order valence-corrected chi connectivity index (χ3v) is 4.17. The van der Waals surface area contributed by atoms with Gasteiger partial charge in [-0.25, -0.2) is 0 Å². The zero-order chi connectivity index (χ0) is 11.7. The highest BCUT2D eigenvalue weighted by molar-refractivity contribution is 9.10. The Morgan fingerprint density at radius 3 is 2.88 bits per heavy atom. The molecule has 2 rings (SSSR count). The van der Waals surface area contributed by atoms with E-state index in [1.807, 2.05) is 30.0 Å². The standard InChI is InChI=1S/C13H16BrNO/c1-9-5-4-8-15(9)13(16)11-6-3-7-12(14)10(11)2/h3,6-7,9H,4-5,8H2,1-2H3. The summed E-state index contributed by atoms with van der Waals surface area (Å²) in [7, 11) is 0. The van der Waals surface area contributed by atoms with Crippen LogP contribution >= 0.6 is 15.9 Å². The van der Waals surface area contributed by atoms with Crippen LogP contribution in [0.5, 0.6) is 0 Å². The van der Waals surface area contributed by atoms with Gasteiger partial charge in [-0.1, -0.05) is 22.0 Å². The van der Waals surface area contributed by atoms with E-state index in [9.17, 15) is 4.79 Å².